The number of nitrogens with zero attached hydrogens (tertiary/aromatic N) is 2. The van der Waals surface area contributed by atoms with Crippen LogP contribution in [-0.2, 0) is 4.74 Å². The smallest absolute Gasteiger partial charge is 0.132 e. The van der Waals surface area contributed by atoms with E-state index in [0.29, 0.717) is 12.1 Å². The van der Waals surface area contributed by atoms with Gasteiger partial charge >= 0.3 is 0 Å². The minimum Gasteiger partial charge on any atom is -0.381 e. The zero-order valence-corrected chi connectivity index (χ0v) is 12.9. The van der Waals surface area contributed by atoms with Crippen LogP contribution >= 0.6 is 45.2 Å². The normalized spacial score (nSPS) is 26.9. The van der Waals surface area contributed by atoms with Gasteiger partial charge in [0.1, 0.15) is 7.40 Å². The van der Waals surface area contributed by atoms with E-state index in [1.165, 1.54) is 23.0 Å². The molecule has 1 saturated carbocycles. The van der Waals surface area contributed by atoms with Gasteiger partial charge in [-0.15, -0.1) is 0 Å². The number of hydrogen-bond donors (Lipinski definition) is 0. The highest BCUT2D eigenvalue weighted by Crippen LogP contribution is 2.32. The maximum atomic E-state index is 5.45. The summed E-state index contributed by atoms with van der Waals surface area (Å²) in [6.45, 7) is 0. The Bertz CT molecular complexity index is 340. The van der Waals surface area contributed by atoms with Crippen LogP contribution in [0.3, 0.4) is 0 Å². The second-order valence-electron chi connectivity index (χ2n) is 3.91. The second kappa shape index (κ2) is 5.31. The Morgan fingerprint density at radius 1 is 1.47 bits per heavy atom. The SMILES string of the molecule is COC1CCCC(n2cnc(I)c2I)C1. The van der Waals surface area contributed by atoms with Crippen LogP contribution < -0.4 is 0 Å². The fraction of sp³-hybridized carbons (Fsp3) is 0.700. The molecule has 0 bridgehead atoms. The van der Waals surface area contributed by atoms with Gasteiger partial charge in [0.25, 0.3) is 0 Å². The first kappa shape index (κ1) is 12.1. The molecule has 2 atom stereocenters. The summed E-state index contributed by atoms with van der Waals surface area (Å²) in [7, 11) is 1.82. The lowest BCUT2D eigenvalue weighted by Crippen LogP contribution is -2.24. The van der Waals surface area contributed by atoms with Gasteiger partial charge < -0.3 is 9.30 Å². The molecular weight excluding hydrogens is 418 g/mol. The van der Waals surface area contributed by atoms with Gasteiger partial charge in [-0.2, -0.15) is 0 Å². The first-order valence-corrected chi connectivity index (χ1v) is 7.28. The van der Waals surface area contributed by atoms with E-state index < -0.39 is 0 Å². The molecule has 0 radical (unpaired) electrons. The van der Waals surface area contributed by atoms with E-state index in [-0.39, 0.29) is 0 Å². The molecule has 0 amide bonds. The summed E-state index contributed by atoms with van der Waals surface area (Å²) in [5.74, 6) is 0. The molecule has 0 spiro atoms. The van der Waals surface area contributed by atoms with Crippen LogP contribution in [0.1, 0.15) is 31.7 Å². The van der Waals surface area contributed by atoms with Crippen LogP contribution in [0.2, 0.25) is 0 Å². The molecule has 1 aliphatic carbocycles. The fourth-order valence-corrected chi connectivity index (χ4v) is 3.23. The fourth-order valence-electron chi connectivity index (χ4n) is 2.16. The average Bonchev–Trinajstić information content (AvgIpc) is 2.60. The highest BCUT2D eigenvalue weighted by Gasteiger charge is 2.24. The lowest BCUT2D eigenvalue weighted by atomic mass is 9.93. The first-order chi connectivity index (χ1) is 7.22. The zero-order chi connectivity index (χ0) is 10.8. The highest BCUT2D eigenvalue weighted by molar-refractivity contribution is 14.1. The molecule has 0 saturated heterocycles. The maximum absolute atomic E-state index is 5.45. The van der Waals surface area contributed by atoms with Crippen molar-refractivity contribution in [2.75, 3.05) is 7.11 Å². The molecule has 2 rings (SSSR count). The number of imidazole rings is 1. The van der Waals surface area contributed by atoms with Crippen molar-refractivity contribution in [1.82, 2.24) is 9.55 Å². The molecule has 1 aromatic heterocycles. The average molecular weight is 432 g/mol. The Hall–Kier alpha value is 0.630. The molecule has 2 unspecified atom stereocenters. The number of halogens is 2. The van der Waals surface area contributed by atoms with Crippen LogP contribution in [0.25, 0.3) is 0 Å². The summed E-state index contributed by atoms with van der Waals surface area (Å²) < 4.78 is 10.1. The number of aromatic nitrogens is 2. The van der Waals surface area contributed by atoms with Gasteiger partial charge in [-0.1, -0.05) is 0 Å². The maximum Gasteiger partial charge on any atom is 0.132 e. The molecule has 1 aromatic rings. The van der Waals surface area contributed by atoms with Gasteiger partial charge in [-0.05, 0) is 70.9 Å². The van der Waals surface area contributed by atoms with Gasteiger partial charge in [-0.3, -0.25) is 0 Å². The quantitative estimate of drug-likeness (QED) is 0.672. The first-order valence-electron chi connectivity index (χ1n) is 5.13. The molecule has 1 fully saturated rings. The highest BCUT2D eigenvalue weighted by atomic mass is 127. The Morgan fingerprint density at radius 3 is 2.87 bits per heavy atom. The van der Waals surface area contributed by atoms with Gasteiger partial charge in [0.15, 0.2) is 0 Å². The van der Waals surface area contributed by atoms with Crippen LogP contribution in [0.5, 0.6) is 0 Å². The van der Waals surface area contributed by atoms with Gasteiger partial charge in [-0.25, -0.2) is 4.98 Å². The third-order valence-electron chi connectivity index (χ3n) is 3.02. The Morgan fingerprint density at radius 2 is 2.27 bits per heavy atom. The van der Waals surface area contributed by atoms with Crippen molar-refractivity contribution in [3.63, 3.8) is 0 Å². The van der Waals surface area contributed by atoms with Crippen LogP contribution in [0.4, 0.5) is 0 Å². The minimum absolute atomic E-state index is 0.430. The van der Waals surface area contributed by atoms with Crippen molar-refractivity contribution in [2.45, 2.75) is 37.8 Å². The molecule has 1 aliphatic rings. The number of methoxy groups -OCH3 is 1. The van der Waals surface area contributed by atoms with Crippen molar-refractivity contribution < 1.29 is 4.74 Å². The predicted molar refractivity (Wildman–Crippen MR) is 76.0 cm³/mol. The lowest BCUT2D eigenvalue weighted by Gasteiger charge is -2.29. The van der Waals surface area contributed by atoms with E-state index in [0.717, 1.165) is 10.1 Å². The Labute approximate surface area is 117 Å². The molecule has 84 valence electrons. The van der Waals surface area contributed by atoms with E-state index >= 15 is 0 Å². The molecule has 0 aromatic carbocycles. The van der Waals surface area contributed by atoms with Gasteiger partial charge in [0.2, 0.25) is 0 Å². The summed E-state index contributed by atoms with van der Waals surface area (Å²) in [6.07, 6.45) is 7.23. The zero-order valence-electron chi connectivity index (χ0n) is 8.62. The van der Waals surface area contributed by atoms with E-state index in [9.17, 15) is 0 Å². The molecule has 1 heterocycles. The Balaban J connectivity index is 2.13. The predicted octanol–water partition coefficient (Wildman–Crippen LogP) is 3.22. The lowest BCUT2D eigenvalue weighted by molar-refractivity contribution is 0.0526. The van der Waals surface area contributed by atoms with E-state index in [2.05, 4.69) is 54.7 Å². The summed E-state index contributed by atoms with van der Waals surface area (Å²) in [6, 6.07) is 0.576. The topological polar surface area (TPSA) is 27.1 Å². The van der Waals surface area contributed by atoms with Crippen molar-refractivity contribution in [2.24, 2.45) is 0 Å². The van der Waals surface area contributed by atoms with Crippen LogP contribution in [-0.4, -0.2) is 22.8 Å². The minimum atomic E-state index is 0.430. The van der Waals surface area contributed by atoms with E-state index in [1.807, 2.05) is 13.4 Å². The molecular formula is C10H14I2N2O. The number of ether oxygens (including phenoxy) is 1. The number of hydrogen-bond acceptors (Lipinski definition) is 2. The molecule has 0 aliphatic heterocycles. The van der Waals surface area contributed by atoms with E-state index in [4.69, 9.17) is 4.74 Å². The summed E-state index contributed by atoms with van der Waals surface area (Å²) >= 11 is 4.66. The second-order valence-corrected chi connectivity index (χ2v) is 5.96. The van der Waals surface area contributed by atoms with Crippen molar-refractivity contribution >= 4 is 45.2 Å². The largest absolute Gasteiger partial charge is 0.381 e. The molecule has 3 nitrogen and oxygen atoms in total. The standard InChI is InChI=1S/C10H14I2N2O/c1-15-8-4-2-3-7(5-8)14-6-13-9(11)10(14)12/h6-8H,2-5H2,1H3. The van der Waals surface area contributed by atoms with Crippen molar-refractivity contribution in [3.05, 3.63) is 13.7 Å². The van der Waals surface area contributed by atoms with Crippen LogP contribution in [0, 0.1) is 7.40 Å². The third-order valence-corrected chi connectivity index (χ3v) is 5.91. The summed E-state index contributed by atoms with van der Waals surface area (Å²) in [4.78, 5) is 4.34. The van der Waals surface area contributed by atoms with Gasteiger partial charge in [0, 0.05) is 13.2 Å². The molecule has 15 heavy (non-hydrogen) atoms. The monoisotopic (exact) mass is 432 g/mol. The third kappa shape index (κ3) is 2.66. The molecule has 5 heteroatoms. The Kier molecular flexibility index (Phi) is 4.28. The summed E-state index contributed by atoms with van der Waals surface area (Å²) in [5, 5.41) is 0. The summed E-state index contributed by atoms with van der Waals surface area (Å²) in [5.41, 5.74) is 0. The van der Waals surface area contributed by atoms with Crippen molar-refractivity contribution in [1.29, 1.82) is 0 Å². The van der Waals surface area contributed by atoms with Crippen LogP contribution in [0.15, 0.2) is 6.33 Å². The van der Waals surface area contributed by atoms with Crippen molar-refractivity contribution in [3.8, 4) is 0 Å². The number of rotatable bonds is 2. The van der Waals surface area contributed by atoms with E-state index in [1.54, 1.807) is 0 Å². The van der Waals surface area contributed by atoms with Gasteiger partial charge in [0.05, 0.1) is 12.4 Å². The molecule has 0 N–H and O–H groups in total.